The Labute approximate surface area is 101 Å². The van der Waals surface area contributed by atoms with E-state index in [4.69, 9.17) is 3.07 Å². The van der Waals surface area contributed by atoms with Crippen LogP contribution in [0.3, 0.4) is 0 Å². The van der Waals surface area contributed by atoms with Crippen LogP contribution in [0, 0.1) is 0 Å². The van der Waals surface area contributed by atoms with Crippen molar-refractivity contribution in [2.24, 2.45) is 0 Å². The van der Waals surface area contributed by atoms with Crippen molar-refractivity contribution in [1.29, 1.82) is 0 Å². The van der Waals surface area contributed by atoms with E-state index in [1.165, 1.54) is 49.4 Å². The molecule has 0 saturated carbocycles. The van der Waals surface area contributed by atoms with Crippen LogP contribution in [0.2, 0.25) is 14.3 Å². The molecular formula is C13H30OSn. The van der Waals surface area contributed by atoms with Gasteiger partial charge in [0.2, 0.25) is 0 Å². The molecule has 0 aliphatic carbocycles. The predicted molar refractivity (Wildman–Crippen MR) is 71.9 cm³/mol. The summed E-state index contributed by atoms with van der Waals surface area (Å²) < 4.78 is 7.52. The second-order valence-electron chi connectivity index (χ2n) is 5.13. The molecule has 0 aromatic rings. The molecule has 0 unspecified atom stereocenters. The van der Waals surface area contributed by atoms with Crippen LogP contribution >= 0.6 is 0 Å². The van der Waals surface area contributed by atoms with Crippen LogP contribution in [0.25, 0.3) is 0 Å². The molecule has 92 valence electrons. The zero-order valence-electron chi connectivity index (χ0n) is 11.3. The molecule has 0 atom stereocenters. The molecule has 0 radical (unpaired) electrons. The molecular weight excluding hydrogens is 291 g/mol. The molecule has 0 heterocycles. The average Bonchev–Trinajstić information content (AvgIpc) is 2.20. The van der Waals surface area contributed by atoms with Gasteiger partial charge in [-0.05, 0) is 0 Å². The first-order chi connectivity index (χ1) is 7.12. The topological polar surface area (TPSA) is 9.23 Å². The van der Waals surface area contributed by atoms with E-state index in [-0.39, 0.29) is 0 Å². The van der Waals surface area contributed by atoms with Crippen molar-refractivity contribution in [3.63, 3.8) is 0 Å². The standard InChI is InChI=1S/C7H15O.C4H9.2CH3.Sn/c1-2-3-4-5-6-7-8;1-3-4-2;;;/h2-7H2,1H3;1,3-4H2,2H3;2*1H3;/q-1;;;;+1. The number of unbranched alkanes of at least 4 members (excludes halogenated alkanes) is 5. The Morgan fingerprint density at radius 2 is 1.40 bits per heavy atom. The van der Waals surface area contributed by atoms with E-state index in [1.54, 1.807) is 0 Å². The predicted octanol–water partition coefficient (Wildman–Crippen LogP) is 4.98. The van der Waals surface area contributed by atoms with Gasteiger partial charge >= 0.3 is 102 Å². The van der Waals surface area contributed by atoms with Crippen LogP contribution in [0.5, 0.6) is 0 Å². The number of rotatable bonds is 10. The van der Waals surface area contributed by atoms with Crippen LogP contribution in [-0.4, -0.2) is 25.4 Å². The van der Waals surface area contributed by atoms with E-state index in [9.17, 15) is 0 Å². The van der Waals surface area contributed by atoms with Crippen LogP contribution in [0.15, 0.2) is 0 Å². The van der Waals surface area contributed by atoms with E-state index in [0.29, 0.717) is 0 Å². The maximum absolute atomic E-state index is 6.12. The van der Waals surface area contributed by atoms with Crippen LogP contribution in [-0.2, 0) is 3.07 Å². The normalized spacial score (nSPS) is 12.0. The van der Waals surface area contributed by atoms with E-state index < -0.39 is 18.8 Å². The van der Waals surface area contributed by atoms with Crippen molar-refractivity contribution in [3.05, 3.63) is 0 Å². The third-order valence-corrected chi connectivity index (χ3v) is 10.1. The van der Waals surface area contributed by atoms with Crippen molar-refractivity contribution in [3.8, 4) is 0 Å². The summed E-state index contributed by atoms with van der Waals surface area (Å²) in [7, 11) is 0. The fourth-order valence-electron chi connectivity index (χ4n) is 1.73. The van der Waals surface area contributed by atoms with Crippen molar-refractivity contribution < 1.29 is 3.07 Å². The molecule has 0 spiro atoms. The summed E-state index contributed by atoms with van der Waals surface area (Å²) in [5, 5.41) is 0. The van der Waals surface area contributed by atoms with Gasteiger partial charge in [0.15, 0.2) is 0 Å². The van der Waals surface area contributed by atoms with Gasteiger partial charge in [0.25, 0.3) is 0 Å². The van der Waals surface area contributed by atoms with Gasteiger partial charge in [0.05, 0.1) is 0 Å². The quantitative estimate of drug-likeness (QED) is 0.407. The molecule has 2 heteroatoms. The fraction of sp³-hybridized carbons (Fsp3) is 1.00. The first-order valence-corrected chi connectivity index (χ1v) is 15.7. The molecule has 0 N–H and O–H groups in total. The van der Waals surface area contributed by atoms with Gasteiger partial charge in [-0.15, -0.1) is 0 Å². The minimum atomic E-state index is -2.00. The zero-order valence-corrected chi connectivity index (χ0v) is 14.1. The molecule has 0 fully saturated rings. The van der Waals surface area contributed by atoms with Gasteiger partial charge in [0, 0.05) is 0 Å². The second kappa shape index (κ2) is 9.95. The molecule has 0 aromatic heterocycles. The average molecular weight is 321 g/mol. The number of hydrogen-bond donors (Lipinski definition) is 0. The summed E-state index contributed by atoms with van der Waals surface area (Å²) in [5.74, 6) is 0. The van der Waals surface area contributed by atoms with E-state index >= 15 is 0 Å². The Kier molecular flexibility index (Phi) is 10.5. The molecule has 0 bridgehead atoms. The molecule has 0 amide bonds. The second-order valence-corrected chi connectivity index (χ2v) is 17.4. The van der Waals surface area contributed by atoms with Crippen molar-refractivity contribution >= 4 is 18.8 Å². The van der Waals surface area contributed by atoms with Gasteiger partial charge < -0.3 is 0 Å². The summed E-state index contributed by atoms with van der Waals surface area (Å²) in [4.78, 5) is 4.85. The van der Waals surface area contributed by atoms with Gasteiger partial charge in [0.1, 0.15) is 0 Å². The van der Waals surface area contributed by atoms with Gasteiger partial charge in [-0.3, -0.25) is 0 Å². The minimum absolute atomic E-state index is 1.04. The monoisotopic (exact) mass is 322 g/mol. The summed E-state index contributed by atoms with van der Waals surface area (Å²) in [5.41, 5.74) is 0. The molecule has 15 heavy (non-hydrogen) atoms. The third-order valence-electron chi connectivity index (χ3n) is 2.87. The Bertz CT molecular complexity index is 134. The van der Waals surface area contributed by atoms with Gasteiger partial charge in [-0.2, -0.15) is 0 Å². The van der Waals surface area contributed by atoms with Crippen LogP contribution in [0.4, 0.5) is 0 Å². The molecule has 1 nitrogen and oxygen atoms in total. The SMILES string of the molecule is CCCCCCC[O][Sn]([CH3])([CH3])[CH2]CCC. The van der Waals surface area contributed by atoms with Crippen molar-refractivity contribution in [1.82, 2.24) is 0 Å². The summed E-state index contributed by atoms with van der Waals surface area (Å²) >= 11 is -2.00. The van der Waals surface area contributed by atoms with E-state index in [0.717, 1.165) is 6.61 Å². The van der Waals surface area contributed by atoms with Crippen molar-refractivity contribution in [2.45, 2.75) is 73.1 Å². The Balaban J connectivity index is 3.32. The Morgan fingerprint density at radius 3 is 2.00 bits per heavy atom. The number of hydrogen-bond acceptors (Lipinski definition) is 1. The summed E-state index contributed by atoms with van der Waals surface area (Å²) in [6.07, 6.45) is 9.46. The zero-order chi connectivity index (χ0) is 11.6. The molecule has 0 aliphatic heterocycles. The summed E-state index contributed by atoms with van der Waals surface area (Å²) in [6, 6.07) is 0. The van der Waals surface area contributed by atoms with E-state index in [2.05, 4.69) is 23.7 Å². The van der Waals surface area contributed by atoms with Crippen molar-refractivity contribution in [2.75, 3.05) is 6.61 Å². The van der Waals surface area contributed by atoms with Crippen LogP contribution < -0.4 is 0 Å². The maximum atomic E-state index is 6.12. The summed E-state index contributed by atoms with van der Waals surface area (Å²) in [6.45, 7) is 5.57. The molecule has 0 rings (SSSR count). The first kappa shape index (κ1) is 15.8. The Hall–Kier alpha value is 0.759. The van der Waals surface area contributed by atoms with Gasteiger partial charge in [-0.1, -0.05) is 0 Å². The van der Waals surface area contributed by atoms with Crippen LogP contribution in [0.1, 0.15) is 58.8 Å². The first-order valence-electron chi connectivity index (χ1n) is 6.76. The van der Waals surface area contributed by atoms with E-state index in [1.807, 2.05) is 0 Å². The Morgan fingerprint density at radius 1 is 0.800 bits per heavy atom. The molecule has 0 aromatic carbocycles. The molecule has 0 aliphatic rings. The molecule has 0 saturated heterocycles. The van der Waals surface area contributed by atoms with Gasteiger partial charge in [-0.25, -0.2) is 0 Å². The third kappa shape index (κ3) is 11.0. The fourth-order valence-corrected chi connectivity index (χ4v) is 7.57.